The fraction of sp³-hybridized carbons (Fsp3) is 0.435. The van der Waals surface area contributed by atoms with Crippen LogP contribution in [-0.4, -0.2) is 57.9 Å². The van der Waals surface area contributed by atoms with Gasteiger partial charge in [0.2, 0.25) is 0 Å². The monoisotopic (exact) mass is 440 g/mol. The van der Waals surface area contributed by atoms with Crippen molar-refractivity contribution in [2.75, 3.05) is 32.8 Å². The SMILES string of the molecule is CC[C@@H](C)c1ccccc1OCC(=O)N1CCN(Cc2cc(=O)n3ccsc3n2)CC1. The second-order valence-electron chi connectivity index (χ2n) is 7.93. The van der Waals surface area contributed by atoms with E-state index in [-0.39, 0.29) is 18.1 Å². The first-order valence-electron chi connectivity index (χ1n) is 10.7. The first-order valence-corrected chi connectivity index (χ1v) is 11.6. The smallest absolute Gasteiger partial charge is 0.260 e. The summed E-state index contributed by atoms with van der Waals surface area (Å²) in [5, 5.41) is 1.86. The summed E-state index contributed by atoms with van der Waals surface area (Å²) in [4.78, 5) is 34.2. The number of para-hydroxylation sites is 1. The van der Waals surface area contributed by atoms with Crippen LogP contribution in [0, 0.1) is 0 Å². The number of carbonyl (C=O) groups is 1. The van der Waals surface area contributed by atoms with E-state index >= 15 is 0 Å². The number of aromatic nitrogens is 2. The molecule has 1 saturated heterocycles. The third-order valence-corrected chi connectivity index (χ3v) is 6.64. The maximum Gasteiger partial charge on any atom is 0.260 e. The first-order chi connectivity index (χ1) is 15.0. The lowest BCUT2D eigenvalue weighted by atomic mass is 9.98. The summed E-state index contributed by atoms with van der Waals surface area (Å²) >= 11 is 1.46. The van der Waals surface area contributed by atoms with E-state index in [9.17, 15) is 9.59 Å². The minimum atomic E-state index is -0.0510. The van der Waals surface area contributed by atoms with E-state index < -0.39 is 0 Å². The molecular weight excluding hydrogens is 412 g/mol. The minimum Gasteiger partial charge on any atom is -0.483 e. The third-order valence-electron chi connectivity index (χ3n) is 5.88. The highest BCUT2D eigenvalue weighted by molar-refractivity contribution is 7.15. The van der Waals surface area contributed by atoms with Crippen molar-refractivity contribution in [3.8, 4) is 5.75 Å². The van der Waals surface area contributed by atoms with Gasteiger partial charge in [-0.3, -0.25) is 18.9 Å². The molecule has 1 aliphatic rings. The molecule has 164 valence electrons. The van der Waals surface area contributed by atoms with Crippen LogP contribution in [0.4, 0.5) is 0 Å². The molecule has 0 saturated carbocycles. The Hall–Kier alpha value is -2.71. The number of carbonyl (C=O) groups excluding carboxylic acids is 1. The Labute approximate surface area is 185 Å². The lowest BCUT2D eigenvalue weighted by Crippen LogP contribution is -2.49. The van der Waals surface area contributed by atoms with Gasteiger partial charge in [0, 0.05) is 50.4 Å². The van der Waals surface area contributed by atoms with E-state index in [1.807, 2.05) is 28.5 Å². The summed E-state index contributed by atoms with van der Waals surface area (Å²) in [6, 6.07) is 9.56. The van der Waals surface area contributed by atoms with E-state index in [0.29, 0.717) is 30.5 Å². The number of thiazole rings is 1. The van der Waals surface area contributed by atoms with Gasteiger partial charge in [0.25, 0.3) is 11.5 Å². The molecule has 1 aliphatic heterocycles. The first kappa shape index (κ1) is 21.5. The van der Waals surface area contributed by atoms with Crippen LogP contribution in [0.2, 0.25) is 0 Å². The summed E-state index contributed by atoms with van der Waals surface area (Å²) in [7, 11) is 0. The summed E-state index contributed by atoms with van der Waals surface area (Å²) in [6.07, 6.45) is 2.77. The largest absolute Gasteiger partial charge is 0.483 e. The van der Waals surface area contributed by atoms with Crippen LogP contribution in [0.1, 0.15) is 37.4 Å². The van der Waals surface area contributed by atoms with Gasteiger partial charge in [-0.1, -0.05) is 32.0 Å². The van der Waals surface area contributed by atoms with Gasteiger partial charge in [-0.25, -0.2) is 4.98 Å². The van der Waals surface area contributed by atoms with Gasteiger partial charge < -0.3 is 9.64 Å². The molecule has 0 radical (unpaired) electrons. The lowest BCUT2D eigenvalue weighted by molar-refractivity contribution is -0.135. The zero-order chi connectivity index (χ0) is 21.8. The molecule has 4 rings (SSSR count). The molecule has 0 N–H and O–H groups in total. The number of benzene rings is 1. The molecule has 0 aliphatic carbocycles. The molecule has 0 spiro atoms. The van der Waals surface area contributed by atoms with Crippen molar-refractivity contribution < 1.29 is 9.53 Å². The highest BCUT2D eigenvalue weighted by Crippen LogP contribution is 2.28. The highest BCUT2D eigenvalue weighted by atomic mass is 32.1. The number of hydrogen-bond donors (Lipinski definition) is 0. The number of piperazine rings is 1. The summed E-state index contributed by atoms with van der Waals surface area (Å²) in [5.41, 5.74) is 1.87. The van der Waals surface area contributed by atoms with Crippen LogP contribution in [0.3, 0.4) is 0 Å². The quantitative estimate of drug-likeness (QED) is 0.565. The average molecular weight is 441 g/mol. The zero-order valence-electron chi connectivity index (χ0n) is 18.0. The molecule has 31 heavy (non-hydrogen) atoms. The van der Waals surface area contributed by atoms with Crippen molar-refractivity contribution in [1.29, 1.82) is 0 Å². The Bertz CT molecular complexity index is 1100. The topological polar surface area (TPSA) is 67.2 Å². The second-order valence-corrected chi connectivity index (χ2v) is 8.81. The van der Waals surface area contributed by atoms with Gasteiger partial charge in [0.15, 0.2) is 11.6 Å². The minimum absolute atomic E-state index is 0.00924. The molecule has 2 aromatic heterocycles. The molecule has 3 heterocycles. The molecule has 0 bridgehead atoms. The van der Waals surface area contributed by atoms with Crippen LogP contribution in [0.25, 0.3) is 4.96 Å². The van der Waals surface area contributed by atoms with Gasteiger partial charge in [-0.15, -0.1) is 11.3 Å². The predicted octanol–water partition coefficient (Wildman–Crippen LogP) is 2.99. The summed E-state index contributed by atoms with van der Waals surface area (Å²) < 4.78 is 7.45. The van der Waals surface area contributed by atoms with Crippen LogP contribution in [0.5, 0.6) is 5.75 Å². The Morgan fingerprint density at radius 1 is 1.23 bits per heavy atom. The van der Waals surface area contributed by atoms with E-state index in [4.69, 9.17) is 4.74 Å². The van der Waals surface area contributed by atoms with Crippen molar-refractivity contribution in [1.82, 2.24) is 19.2 Å². The van der Waals surface area contributed by atoms with Crippen LogP contribution >= 0.6 is 11.3 Å². The van der Waals surface area contributed by atoms with Gasteiger partial charge in [-0.05, 0) is 24.0 Å². The lowest BCUT2D eigenvalue weighted by Gasteiger charge is -2.34. The molecule has 7 nitrogen and oxygen atoms in total. The maximum absolute atomic E-state index is 12.7. The summed E-state index contributed by atoms with van der Waals surface area (Å²) in [6.45, 7) is 7.79. The van der Waals surface area contributed by atoms with Gasteiger partial charge >= 0.3 is 0 Å². The van der Waals surface area contributed by atoms with Gasteiger partial charge in [-0.2, -0.15) is 0 Å². The molecule has 8 heteroatoms. The highest BCUT2D eigenvalue weighted by Gasteiger charge is 2.22. The Balaban J connectivity index is 1.29. The predicted molar refractivity (Wildman–Crippen MR) is 122 cm³/mol. The Morgan fingerprint density at radius 2 is 2.00 bits per heavy atom. The number of ether oxygens (including phenoxy) is 1. The normalized spacial score (nSPS) is 15.9. The van der Waals surface area contributed by atoms with Gasteiger partial charge in [0.1, 0.15) is 5.75 Å². The van der Waals surface area contributed by atoms with Crippen molar-refractivity contribution in [3.63, 3.8) is 0 Å². The number of hydrogen-bond acceptors (Lipinski definition) is 6. The molecule has 1 fully saturated rings. The Morgan fingerprint density at radius 3 is 2.77 bits per heavy atom. The fourth-order valence-electron chi connectivity index (χ4n) is 3.82. The number of amides is 1. The van der Waals surface area contributed by atoms with Crippen LogP contribution in [0.15, 0.2) is 46.7 Å². The van der Waals surface area contributed by atoms with Gasteiger partial charge in [0.05, 0.1) is 5.69 Å². The standard InChI is InChI=1S/C23H28N4O3S/c1-3-17(2)19-6-4-5-7-20(19)30-16-22(29)26-10-8-25(9-11-26)15-18-14-21(28)27-12-13-31-23(27)24-18/h4-7,12-14,17H,3,8-11,15-16H2,1-2H3/t17-/m1/s1. The molecule has 1 amide bonds. The molecule has 0 unspecified atom stereocenters. The fourth-order valence-corrected chi connectivity index (χ4v) is 4.56. The average Bonchev–Trinajstić information content (AvgIpc) is 3.27. The molecular formula is C23H28N4O3S. The molecule has 3 aromatic rings. The van der Waals surface area contributed by atoms with Crippen molar-refractivity contribution in [2.24, 2.45) is 0 Å². The number of fused-ring (bicyclic) bond motifs is 1. The van der Waals surface area contributed by atoms with Crippen molar-refractivity contribution >= 4 is 22.2 Å². The maximum atomic E-state index is 12.7. The number of rotatable bonds is 7. The van der Waals surface area contributed by atoms with Crippen LogP contribution in [-0.2, 0) is 11.3 Å². The van der Waals surface area contributed by atoms with Crippen molar-refractivity contribution in [2.45, 2.75) is 32.7 Å². The Kier molecular flexibility index (Phi) is 6.67. The van der Waals surface area contributed by atoms with E-state index in [2.05, 4.69) is 29.8 Å². The van der Waals surface area contributed by atoms with E-state index in [1.165, 1.54) is 11.3 Å². The molecule has 1 atom stereocenters. The van der Waals surface area contributed by atoms with Crippen molar-refractivity contribution in [3.05, 3.63) is 63.5 Å². The third kappa shape index (κ3) is 4.97. The number of nitrogens with zero attached hydrogens (tertiary/aromatic N) is 4. The van der Waals surface area contributed by atoms with E-state index in [0.717, 1.165) is 36.5 Å². The molecule has 1 aromatic carbocycles. The zero-order valence-corrected chi connectivity index (χ0v) is 18.8. The summed E-state index contributed by atoms with van der Waals surface area (Å²) in [5.74, 6) is 1.20. The van der Waals surface area contributed by atoms with Crippen LogP contribution < -0.4 is 10.3 Å². The van der Waals surface area contributed by atoms with E-state index in [1.54, 1.807) is 16.7 Å². The second kappa shape index (κ2) is 9.62.